The molecule has 0 fully saturated rings. The number of nitrogens with two attached hydrogens (primary N) is 2. The van der Waals surface area contributed by atoms with Gasteiger partial charge in [-0.05, 0) is 23.8 Å². The Hall–Kier alpha value is -2.09. The smallest absolute Gasteiger partial charge is 0.316 e. The van der Waals surface area contributed by atoms with Gasteiger partial charge in [0, 0.05) is 60.6 Å². The van der Waals surface area contributed by atoms with Crippen molar-refractivity contribution in [3.63, 3.8) is 0 Å². The van der Waals surface area contributed by atoms with Crippen molar-refractivity contribution >= 4 is 28.5 Å². The van der Waals surface area contributed by atoms with Gasteiger partial charge in [-0.1, -0.05) is 12.1 Å². The van der Waals surface area contributed by atoms with Gasteiger partial charge in [0.05, 0.1) is 11.7 Å². The summed E-state index contributed by atoms with van der Waals surface area (Å²) in [6.45, 7) is 0. The van der Waals surface area contributed by atoms with E-state index < -0.39 is 11.9 Å². The summed E-state index contributed by atoms with van der Waals surface area (Å²) in [5.41, 5.74) is 13.6. The average Bonchev–Trinajstić information content (AvgIpc) is 2.87. The van der Waals surface area contributed by atoms with Crippen molar-refractivity contribution in [2.75, 3.05) is 5.32 Å². The fourth-order valence-corrected chi connectivity index (χ4v) is 2.39. The first kappa shape index (κ1) is 17.3. The normalized spacial score (nSPS) is 10.1. The second-order valence-electron chi connectivity index (χ2n) is 4.73. The molecule has 3 aromatic rings. The van der Waals surface area contributed by atoms with E-state index in [1.165, 1.54) is 0 Å². The van der Waals surface area contributed by atoms with Gasteiger partial charge in [0.2, 0.25) is 0 Å². The fourth-order valence-electron chi connectivity index (χ4n) is 2.39. The van der Waals surface area contributed by atoms with Gasteiger partial charge in [-0.15, -0.1) is 0 Å². The molecule has 6 N–H and O–H groups in total. The SMILES string of the molecule is NC(=O)Nc1ccc(-c2c(C(N)=O)[nH]c3cnccc23)cc1.[Ar]. The predicted octanol–water partition coefficient (Wildman–Crippen LogP) is 1.82. The quantitative estimate of drug-likeness (QED) is 0.583. The molecule has 2 heterocycles. The number of amides is 3. The zero-order valence-corrected chi connectivity index (χ0v) is 12.5. The van der Waals surface area contributed by atoms with E-state index in [-0.39, 0.29) is 37.7 Å². The number of rotatable bonds is 3. The second-order valence-corrected chi connectivity index (χ2v) is 4.73. The number of aromatic amines is 1. The Morgan fingerprint density at radius 3 is 2.39 bits per heavy atom. The molecule has 0 saturated heterocycles. The molecule has 0 atom stereocenters. The molecular weight excluding hydrogens is 322 g/mol. The average molecular weight is 335 g/mol. The summed E-state index contributed by atoms with van der Waals surface area (Å²) in [6.07, 6.45) is 3.28. The molecular formula is C15H13ArN5O2. The number of hydrogen-bond donors (Lipinski definition) is 4. The van der Waals surface area contributed by atoms with Gasteiger partial charge in [0.1, 0.15) is 5.69 Å². The number of hydrogen-bond acceptors (Lipinski definition) is 3. The van der Waals surface area contributed by atoms with Crippen molar-refractivity contribution in [2.45, 2.75) is 0 Å². The van der Waals surface area contributed by atoms with Crippen LogP contribution in [0.2, 0.25) is 0 Å². The van der Waals surface area contributed by atoms with Crippen LogP contribution in [0.4, 0.5) is 10.5 Å². The number of fused-ring (bicyclic) bond motifs is 1. The summed E-state index contributed by atoms with van der Waals surface area (Å²) >= 11 is 0. The molecule has 0 radical (unpaired) electrons. The minimum Gasteiger partial charge on any atom is -0.364 e. The maximum absolute atomic E-state index is 11.7. The first-order chi connectivity index (χ1) is 10.6. The summed E-state index contributed by atoms with van der Waals surface area (Å²) in [4.78, 5) is 29.5. The third kappa shape index (κ3) is 3.47. The zero-order valence-electron chi connectivity index (χ0n) is 11.8. The van der Waals surface area contributed by atoms with Crippen molar-refractivity contribution in [1.82, 2.24) is 9.97 Å². The molecule has 118 valence electrons. The number of benzene rings is 1. The maximum atomic E-state index is 11.7. The van der Waals surface area contributed by atoms with Crippen LogP contribution < -0.4 is 16.8 Å². The molecule has 0 saturated carbocycles. The summed E-state index contributed by atoms with van der Waals surface area (Å²) in [6, 6.07) is 8.13. The topological polar surface area (TPSA) is 127 Å². The van der Waals surface area contributed by atoms with Crippen LogP contribution in [0.15, 0.2) is 42.7 Å². The largest absolute Gasteiger partial charge is 0.364 e. The first-order valence-electron chi connectivity index (χ1n) is 6.48. The molecule has 0 aliphatic carbocycles. The van der Waals surface area contributed by atoms with E-state index in [9.17, 15) is 9.59 Å². The number of H-pyrrole nitrogens is 1. The van der Waals surface area contributed by atoms with E-state index in [1.54, 1.807) is 36.7 Å². The number of carbonyl (C=O) groups excluding carboxylic acids is 2. The zero-order chi connectivity index (χ0) is 15.7. The molecule has 7 nitrogen and oxygen atoms in total. The summed E-state index contributed by atoms with van der Waals surface area (Å²) < 4.78 is 0. The Kier molecular flexibility index (Phi) is 5.25. The van der Waals surface area contributed by atoms with Crippen LogP contribution in [0.25, 0.3) is 22.0 Å². The van der Waals surface area contributed by atoms with E-state index in [4.69, 9.17) is 11.5 Å². The summed E-state index contributed by atoms with van der Waals surface area (Å²) in [5.74, 6) is -0.550. The van der Waals surface area contributed by atoms with Crippen molar-refractivity contribution in [1.29, 1.82) is 0 Å². The molecule has 3 amide bonds. The van der Waals surface area contributed by atoms with Crippen LogP contribution in [0.1, 0.15) is 10.5 Å². The van der Waals surface area contributed by atoms with Crippen molar-refractivity contribution < 1.29 is 47.3 Å². The van der Waals surface area contributed by atoms with Crippen LogP contribution in [0.3, 0.4) is 0 Å². The number of nitrogens with zero attached hydrogens (tertiary/aromatic N) is 1. The third-order valence-corrected chi connectivity index (χ3v) is 3.29. The first-order valence-corrected chi connectivity index (χ1v) is 6.48. The molecule has 0 aliphatic rings. The molecule has 1 aromatic carbocycles. The Labute approximate surface area is 161 Å². The number of nitrogens with one attached hydrogen (secondary N) is 2. The fraction of sp³-hybridized carbons (Fsp3) is 0. The summed E-state index contributed by atoms with van der Waals surface area (Å²) in [5, 5.41) is 3.33. The van der Waals surface area contributed by atoms with Crippen molar-refractivity contribution in [3.05, 3.63) is 48.4 Å². The molecule has 3 rings (SSSR count). The van der Waals surface area contributed by atoms with Crippen LogP contribution in [-0.2, 0) is 0 Å². The van der Waals surface area contributed by atoms with Gasteiger partial charge in [0.25, 0.3) is 5.91 Å². The molecule has 0 spiro atoms. The second kappa shape index (κ2) is 6.99. The van der Waals surface area contributed by atoms with Gasteiger partial charge in [0.15, 0.2) is 0 Å². The molecule has 8 heteroatoms. The van der Waals surface area contributed by atoms with Gasteiger partial charge in [-0.25, -0.2) is 4.79 Å². The van der Waals surface area contributed by atoms with Gasteiger partial charge in [-0.3, -0.25) is 9.78 Å². The molecule has 0 unspecified atom stereocenters. The Morgan fingerprint density at radius 1 is 1.09 bits per heavy atom. The number of anilines is 1. The van der Waals surface area contributed by atoms with E-state index in [2.05, 4.69) is 15.3 Å². The molecule has 2 aromatic heterocycles. The minimum absolute atomic E-state index is 0. The van der Waals surface area contributed by atoms with Gasteiger partial charge in [-0.2, -0.15) is 0 Å². The van der Waals surface area contributed by atoms with Gasteiger partial charge >= 0.3 is 6.03 Å². The maximum Gasteiger partial charge on any atom is 0.316 e. The van der Waals surface area contributed by atoms with E-state index in [0.29, 0.717) is 16.9 Å². The number of urea groups is 1. The van der Waals surface area contributed by atoms with Crippen molar-refractivity contribution in [3.8, 4) is 11.1 Å². The van der Waals surface area contributed by atoms with E-state index >= 15 is 0 Å². The van der Waals surface area contributed by atoms with Crippen molar-refractivity contribution in [2.24, 2.45) is 11.5 Å². The van der Waals surface area contributed by atoms with Crippen LogP contribution in [-0.4, -0.2) is 21.9 Å². The Bertz CT molecular complexity index is 873. The number of aromatic nitrogens is 2. The molecule has 23 heavy (non-hydrogen) atoms. The standard InChI is InChI=1S/C15H13N5O2.Ar/c16-14(21)13-12(10-5-6-18-7-11(10)20-13)8-1-3-9(4-2-8)19-15(17)22;/h1-7,20H,(H2,16,21)(H3,17,19,22);. The van der Waals surface area contributed by atoms with Crippen LogP contribution in [0, 0.1) is 37.7 Å². The third-order valence-electron chi connectivity index (χ3n) is 3.29. The summed E-state index contributed by atoms with van der Waals surface area (Å²) in [7, 11) is 0. The van der Waals surface area contributed by atoms with E-state index in [0.717, 1.165) is 16.5 Å². The Morgan fingerprint density at radius 2 is 1.78 bits per heavy atom. The Balaban J connectivity index is 0.00000192. The van der Waals surface area contributed by atoms with E-state index in [1.807, 2.05) is 6.07 Å². The van der Waals surface area contributed by atoms with Crippen LogP contribution >= 0.6 is 0 Å². The van der Waals surface area contributed by atoms with Crippen LogP contribution in [0.5, 0.6) is 0 Å². The molecule has 0 bridgehead atoms. The number of primary amides is 2. The number of carbonyl (C=O) groups is 2. The predicted molar refractivity (Wildman–Crippen MR) is 83.3 cm³/mol. The number of pyridine rings is 1. The minimum atomic E-state index is -0.635. The monoisotopic (exact) mass is 335 g/mol. The molecule has 0 aliphatic heterocycles. The van der Waals surface area contributed by atoms with Gasteiger partial charge < -0.3 is 21.8 Å².